The van der Waals surface area contributed by atoms with Gasteiger partial charge < -0.3 is 10.6 Å². The molecule has 2 rings (SSSR count). The van der Waals surface area contributed by atoms with Crippen molar-refractivity contribution in [3.05, 3.63) is 24.0 Å². The lowest BCUT2D eigenvalue weighted by Crippen LogP contribution is -2.35. The Balaban J connectivity index is 2.14. The van der Waals surface area contributed by atoms with Crippen LogP contribution in [0.15, 0.2) is 18.3 Å². The van der Waals surface area contributed by atoms with E-state index in [1.54, 1.807) is 6.20 Å². The van der Waals surface area contributed by atoms with E-state index in [0.29, 0.717) is 16.7 Å². The van der Waals surface area contributed by atoms with Gasteiger partial charge in [0.1, 0.15) is 4.99 Å². The first-order chi connectivity index (χ1) is 8.58. The van der Waals surface area contributed by atoms with Crippen LogP contribution in [-0.2, 0) is 0 Å². The summed E-state index contributed by atoms with van der Waals surface area (Å²) in [5, 5.41) is 0. The fraction of sp³-hybridized carbons (Fsp3) is 0.571. The minimum absolute atomic E-state index is 0.363. The SMILES string of the molecule is CC1CCCC(N(C)c2ccnc(C(N)=S)c2)C1. The Morgan fingerprint density at radius 1 is 1.50 bits per heavy atom. The highest BCUT2D eigenvalue weighted by Crippen LogP contribution is 2.29. The number of nitrogens with zero attached hydrogens (tertiary/aromatic N) is 2. The number of thiocarbonyl (C=S) groups is 1. The van der Waals surface area contributed by atoms with Gasteiger partial charge in [0, 0.05) is 25.0 Å². The summed E-state index contributed by atoms with van der Waals surface area (Å²) in [5.74, 6) is 0.822. The fourth-order valence-electron chi connectivity index (χ4n) is 2.74. The minimum atomic E-state index is 0.363. The van der Waals surface area contributed by atoms with Crippen LogP contribution in [0, 0.1) is 5.92 Å². The highest BCUT2D eigenvalue weighted by Gasteiger charge is 2.22. The third-order valence-corrected chi connectivity index (χ3v) is 4.07. The molecule has 2 unspecified atom stereocenters. The van der Waals surface area contributed by atoms with Crippen LogP contribution < -0.4 is 10.6 Å². The lowest BCUT2D eigenvalue weighted by Gasteiger charge is -2.35. The van der Waals surface area contributed by atoms with Gasteiger partial charge in [-0.2, -0.15) is 0 Å². The van der Waals surface area contributed by atoms with Crippen molar-refractivity contribution in [1.29, 1.82) is 0 Å². The van der Waals surface area contributed by atoms with Gasteiger partial charge in [-0.1, -0.05) is 32.0 Å². The predicted octanol–water partition coefficient (Wildman–Crippen LogP) is 2.73. The lowest BCUT2D eigenvalue weighted by atomic mass is 9.86. The maximum Gasteiger partial charge on any atom is 0.122 e. The third-order valence-electron chi connectivity index (χ3n) is 3.86. The molecule has 98 valence electrons. The number of rotatable bonds is 3. The number of aromatic nitrogens is 1. The molecule has 0 saturated heterocycles. The molecule has 0 spiro atoms. The van der Waals surface area contributed by atoms with E-state index in [1.165, 1.54) is 25.7 Å². The van der Waals surface area contributed by atoms with Crippen LogP contribution in [0.25, 0.3) is 0 Å². The Kier molecular flexibility index (Phi) is 4.17. The van der Waals surface area contributed by atoms with Crippen molar-refractivity contribution in [1.82, 2.24) is 4.98 Å². The monoisotopic (exact) mass is 263 g/mol. The van der Waals surface area contributed by atoms with Crippen molar-refractivity contribution >= 4 is 22.9 Å². The molecule has 3 nitrogen and oxygen atoms in total. The first-order valence-electron chi connectivity index (χ1n) is 6.56. The second-order valence-corrected chi connectivity index (χ2v) is 5.74. The topological polar surface area (TPSA) is 42.2 Å². The standard InChI is InChI=1S/C14H21N3S/c1-10-4-3-5-11(8-10)17(2)12-6-7-16-13(9-12)14(15)18/h6-7,9-11H,3-5,8H2,1-2H3,(H2,15,18). The zero-order chi connectivity index (χ0) is 13.1. The molecule has 1 fully saturated rings. The summed E-state index contributed by atoms with van der Waals surface area (Å²) in [7, 11) is 2.15. The summed E-state index contributed by atoms with van der Waals surface area (Å²) < 4.78 is 0. The molecule has 18 heavy (non-hydrogen) atoms. The smallest absolute Gasteiger partial charge is 0.122 e. The van der Waals surface area contributed by atoms with Gasteiger partial charge in [0.2, 0.25) is 0 Å². The summed E-state index contributed by atoms with van der Waals surface area (Å²) in [6.45, 7) is 2.34. The van der Waals surface area contributed by atoms with Crippen molar-refractivity contribution < 1.29 is 0 Å². The van der Waals surface area contributed by atoms with Crippen LogP contribution in [0.3, 0.4) is 0 Å². The summed E-state index contributed by atoms with van der Waals surface area (Å²) in [6, 6.07) is 4.64. The van der Waals surface area contributed by atoms with Crippen molar-refractivity contribution in [3.8, 4) is 0 Å². The molecule has 1 aromatic rings. The van der Waals surface area contributed by atoms with E-state index in [1.807, 2.05) is 12.1 Å². The van der Waals surface area contributed by atoms with Crippen LogP contribution >= 0.6 is 12.2 Å². The van der Waals surface area contributed by atoms with E-state index in [-0.39, 0.29) is 0 Å². The Morgan fingerprint density at radius 3 is 2.94 bits per heavy atom. The first-order valence-corrected chi connectivity index (χ1v) is 6.97. The largest absolute Gasteiger partial charge is 0.388 e. The van der Waals surface area contributed by atoms with Crippen LogP contribution in [-0.4, -0.2) is 23.1 Å². The number of anilines is 1. The van der Waals surface area contributed by atoms with E-state index in [4.69, 9.17) is 18.0 Å². The fourth-order valence-corrected chi connectivity index (χ4v) is 2.85. The highest BCUT2D eigenvalue weighted by atomic mass is 32.1. The van der Waals surface area contributed by atoms with Crippen molar-refractivity contribution in [3.63, 3.8) is 0 Å². The van der Waals surface area contributed by atoms with E-state index >= 15 is 0 Å². The van der Waals surface area contributed by atoms with Gasteiger partial charge in [-0.15, -0.1) is 0 Å². The van der Waals surface area contributed by atoms with Gasteiger partial charge >= 0.3 is 0 Å². The summed E-state index contributed by atoms with van der Waals surface area (Å²) in [5.41, 5.74) is 7.50. The summed E-state index contributed by atoms with van der Waals surface area (Å²) >= 11 is 4.98. The molecular formula is C14H21N3S. The van der Waals surface area contributed by atoms with Crippen LogP contribution in [0.5, 0.6) is 0 Å². The van der Waals surface area contributed by atoms with Crippen LogP contribution in [0.2, 0.25) is 0 Å². The maximum absolute atomic E-state index is 5.63. The molecule has 0 radical (unpaired) electrons. The second-order valence-electron chi connectivity index (χ2n) is 5.30. The van der Waals surface area contributed by atoms with Gasteiger partial charge in [0.15, 0.2) is 0 Å². The van der Waals surface area contributed by atoms with E-state index < -0.39 is 0 Å². The van der Waals surface area contributed by atoms with E-state index in [0.717, 1.165) is 11.6 Å². The zero-order valence-corrected chi connectivity index (χ0v) is 11.9. The van der Waals surface area contributed by atoms with E-state index in [9.17, 15) is 0 Å². The Morgan fingerprint density at radius 2 is 2.28 bits per heavy atom. The zero-order valence-electron chi connectivity index (χ0n) is 11.1. The van der Waals surface area contributed by atoms with Crippen molar-refractivity contribution in [2.24, 2.45) is 11.7 Å². The average molecular weight is 263 g/mol. The molecule has 1 saturated carbocycles. The Hall–Kier alpha value is -1.16. The molecule has 0 aliphatic heterocycles. The number of nitrogens with two attached hydrogens (primary N) is 1. The minimum Gasteiger partial charge on any atom is -0.388 e. The number of hydrogen-bond donors (Lipinski definition) is 1. The van der Waals surface area contributed by atoms with Gasteiger partial charge in [0.25, 0.3) is 0 Å². The molecule has 1 heterocycles. The predicted molar refractivity (Wildman–Crippen MR) is 79.9 cm³/mol. The highest BCUT2D eigenvalue weighted by molar-refractivity contribution is 7.80. The molecule has 2 N–H and O–H groups in total. The maximum atomic E-state index is 5.63. The molecule has 1 aromatic heterocycles. The first kappa shape index (κ1) is 13.3. The van der Waals surface area contributed by atoms with Crippen molar-refractivity contribution in [2.45, 2.75) is 38.6 Å². The summed E-state index contributed by atoms with van der Waals surface area (Å²) in [4.78, 5) is 6.90. The molecule has 1 aliphatic rings. The van der Waals surface area contributed by atoms with Crippen LogP contribution in [0.1, 0.15) is 38.3 Å². The van der Waals surface area contributed by atoms with Gasteiger partial charge in [-0.05, 0) is 30.9 Å². The average Bonchev–Trinajstić information content (AvgIpc) is 2.38. The molecule has 4 heteroatoms. The Labute approximate surface area is 114 Å². The molecule has 1 aliphatic carbocycles. The van der Waals surface area contributed by atoms with Gasteiger partial charge in [0.05, 0.1) is 5.69 Å². The van der Waals surface area contributed by atoms with Crippen molar-refractivity contribution in [2.75, 3.05) is 11.9 Å². The van der Waals surface area contributed by atoms with E-state index in [2.05, 4.69) is 23.9 Å². The normalized spacial score (nSPS) is 23.7. The molecule has 2 atom stereocenters. The third kappa shape index (κ3) is 2.99. The lowest BCUT2D eigenvalue weighted by molar-refractivity contribution is 0.336. The number of pyridine rings is 1. The Bertz CT molecular complexity index is 433. The molecular weight excluding hydrogens is 242 g/mol. The summed E-state index contributed by atoms with van der Waals surface area (Å²) in [6.07, 6.45) is 7.00. The molecule has 0 bridgehead atoms. The van der Waals surface area contributed by atoms with Gasteiger partial charge in [-0.25, -0.2) is 0 Å². The quantitative estimate of drug-likeness (QED) is 0.852. The number of hydrogen-bond acceptors (Lipinski definition) is 3. The molecule has 0 aromatic carbocycles. The second kappa shape index (κ2) is 5.65. The molecule has 0 amide bonds. The van der Waals surface area contributed by atoms with Gasteiger partial charge in [-0.3, -0.25) is 4.98 Å². The van der Waals surface area contributed by atoms with Crippen LogP contribution in [0.4, 0.5) is 5.69 Å².